The van der Waals surface area contributed by atoms with Gasteiger partial charge in [-0.25, -0.2) is 0 Å². The fourth-order valence-electron chi connectivity index (χ4n) is 2.07. The Labute approximate surface area is 150 Å². The summed E-state index contributed by atoms with van der Waals surface area (Å²) in [5.74, 6) is -0.205. The number of carbonyl (C=O) groups is 2. The number of ether oxygens (including phenoxy) is 2. The first-order valence-electron chi connectivity index (χ1n) is 8.18. The Bertz CT molecular complexity index is 605. The molecule has 2 N–H and O–H groups in total. The van der Waals surface area contributed by atoms with Crippen molar-refractivity contribution >= 4 is 22.7 Å². The second-order valence-corrected chi connectivity index (χ2v) is 6.76. The predicted octanol–water partition coefficient (Wildman–Crippen LogP) is 1.37. The number of rotatable bonds is 12. The number of hydrogen-bond donors (Lipinski definition) is 2. The molecule has 0 fully saturated rings. The molecule has 25 heavy (non-hydrogen) atoms. The summed E-state index contributed by atoms with van der Waals surface area (Å²) in [6.07, 6.45) is 0.395. The average Bonchev–Trinajstić information content (AvgIpc) is 2.55. The molecule has 1 aromatic carbocycles. The van der Waals surface area contributed by atoms with Crippen LogP contribution in [0.5, 0.6) is 11.5 Å². The summed E-state index contributed by atoms with van der Waals surface area (Å²) in [5.41, 5.74) is 0.985. The van der Waals surface area contributed by atoms with Gasteiger partial charge in [0.25, 0.3) is 0 Å². The van der Waals surface area contributed by atoms with Crippen LogP contribution in [0.25, 0.3) is 0 Å². The van der Waals surface area contributed by atoms with Gasteiger partial charge >= 0.3 is 5.97 Å². The van der Waals surface area contributed by atoms with E-state index in [1.54, 1.807) is 0 Å². The summed E-state index contributed by atoms with van der Waals surface area (Å²) in [6, 6.07) is 5.63. The van der Waals surface area contributed by atoms with Gasteiger partial charge in [-0.2, -0.15) is 0 Å². The van der Waals surface area contributed by atoms with Crippen LogP contribution in [0.2, 0.25) is 0 Å². The Morgan fingerprint density at radius 3 is 2.48 bits per heavy atom. The van der Waals surface area contributed by atoms with E-state index in [0.29, 0.717) is 37.7 Å². The largest absolute Gasteiger partial charge is 0.490 e. The number of carboxylic acid groups (broad SMARTS) is 1. The van der Waals surface area contributed by atoms with Crippen molar-refractivity contribution < 1.29 is 28.4 Å². The zero-order valence-corrected chi connectivity index (χ0v) is 15.4. The third-order valence-electron chi connectivity index (χ3n) is 3.18. The van der Waals surface area contributed by atoms with E-state index in [2.05, 4.69) is 5.32 Å². The predicted molar refractivity (Wildman–Crippen MR) is 95.6 cm³/mol. The quantitative estimate of drug-likeness (QED) is 0.575. The van der Waals surface area contributed by atoms with Gasteiger partial charge in [-0.1, -0.05) is 6.07 Å². The van der Waals surface area contributed by atoms with Crippen molar-refractivity contribution in [2.24, 2.45) is 0 Å². The molecular formula is C17H25NO6S. The van der Waals surface area contributed by atoms with Gasteiger partial charge in [0.05, 0.1) is 19.6 Å². The second kappa shape index (κ2) is 11.5. The number of aliphatic carboxylic acids is 1. The van der Waals surface area contributed by atoms with Crippen LogP contribution in [0.4, 0.5) is 0 Å². The molecule has 8 heteroatoms. The van der Waals surface area contributed by atoms with E-state index < -0.39 is 16.8 Å². The first-order chi connectivity index (χ1) is 12.0. The molecule has 1 atom stereocenters. The topological polar surface area (TPSA) is 102 Å². The molecule has 1 amide bonds. The molecule has 0 saturated heterocycles. The highest BCUT2D eigenvalue weighted by Gasteiger charge is 2.10. The summed E-state index contributed by atoms with van der Waals surface area (Å²) < 4.78 is 22.6. The van der Waals surface area contributed by atoms with Gasteiger partial charge in [-0.3, -0.25) is 13.8 Å². The van der Waals surface area contributed by atoms with Crippen LogP contribution in [0.1, 0.15) is 25.8 Å². The molecule has 0 spiro atoms. The van der Waals surface area contributed by atoms with E-state index in [4.69, 9.17) is 14.6 Å². The third-order valence-corrected chi connectivity index (χ3v) is 4.42. The van der Waals surface area contributed by atoms with Crippen LogP contribution in [0.3, 0.4) is 0 Å². The lowest BCUT2D eigenvalue weighted by molar-refractivity contribution is -0.136. The molecule has 0 aliphatic heterocycles. The molecule has 0 aliphatic rings. The van der Waals surface area contributed by atoms with Gasteiger partial charge in [0.1, 0.15) is 5.75 Å². The highest BCUT2D eigenvalue weighted by Crippen LogP contribution is 2.28. The summed E-state index contributed by atoms with van der Waals surface area (Å²) in [6.45, 7) is 5.28. The molecule has 1 rings (SSSR count). The van der Waals surface area contributed by atoms with Crippen molar-refractivity contribution in [3.8, 4) is 11.5 Å². The van der Waals surface area contributed by atoms with Crippen LogP contribution in [-0.2, 0) is 26.8 Å². The van der Waals surface area contributed by atoms with E-state index in [1.807, 2.05) is 32.0 Å². The van der Waals surface area contributed by atoms with Crippen molar-refractivity contribution in [2.75, 3.05) is 31.3 Å². The van der Waals surface area contributed by atoms with Gasteiger partial charge < -0.3 is 19.9 Å². The Balaban J connectivity index is 2.44. The average molecular weight is 371 g/mol. The Hall–Kier alpha value is -2.09. The zero-order valence-electron chi connectivity index (χ0n) is 14.6. The SMILES string of the molecule is CCOc1ccc(CCNC(=O)CS(=O)CCC(=O)O)cc1OCC. The fraction of sp³-hybridized carbons (Fsp3) is 0.529. The zero-order chi connectivity index (χ0) is 18.7. The van der Waals surface area contributed by atoms with E-state index in [-0.39, 0.29) is 23.8 Å². The highest BCUT2D eigenvalue weighted by molar-refractivity contribution is 7.85. The van der Waals surface area contributed by atoms with E-state index in [9.17, 15) is 13.8 Å². The maximum Gasteiger partial charge on any atom is 0.304 e. The van der Waals surface area contributed by atoms with Gasteiger partial charge in [-0.05, 0) is 38.0 Å². The number of benzene rings is 1. The Morgan fingerprint density at radius 1 is 1.16 bits per heavy atom. The van der Waals surface area contributed by atoms with Crippen molar-refractivity contribution in [1.29, 1.82) is 0 Å². The molecule has 1 aromatic rings. The number of carbonyl (C=O) groups excluding carboxylic acids is 1. The Morgan fingerprint density at radius 2 is 1.84 bits per heavy atom. The summed E-state index contributed by atoms with van der Waals surface area (Å²) in [4.78, 5) is 22.1. The van der Waals surface area contributed by atoms with Crippen LogP contribution in [-0.4, -0.2) is 52.5 Å². The van der Waals surface area contributed by atoms with E-state index in [1.165, 1.54) is 0 Å². The minimum Gasteiger partial charge on any atom is -0.490 e. The minimum atomic E-state index is -1.46. The number of carboxylic acids is 1. The summed E-state index contributed by atoms with van der Waals surface area (Å²) >= 11 is 0. The maximum atomic E-state index is 11.7. The minimum absolute atomic E-state index is 0.0145. The van der Waals surface area contributed by atoms with E-state index in [0.717, 1.165) is 5.56 Å². The van der Waals surface area contributed by atoms with Crippen molar-refractivity contribution in [3.63, 3.8) is 0 Å². The van der Waals surface area contributed by atoms with Gasteiger partial charge in [0.15, 0.2) is 11.5 Å². The number of hydrogen-bond acceptors (Lipinski definition) is 5. The lowest BCUT2D eigenvalue weighted by atomic mass is 10.1. The normalized spacial score (nSPS) is 11.6. The highest BCUT2D eigenvalue weighted by atomic mass is 32.2. The molecule has 0 heterocycles. The Kier molecular flexibility index (Phi) is 9.61. The molecule has 7 nitrogen and oxygen atoms in total. The van der Waals surface area contributed by atoms with E-state index >= 15 is 0 Å². The lowest BCUT2D eigenvalue weighted by Crippen LogP contribution is -2.30. The van der Waals surface area contributed by atoms with Crippen LogP contribution < -0.4 is 14.8 Å². The van der Waals surface area contributed by atoms with Crippen LogP contribution in [0.15, 0.2) is 18.2 Å². The monoisotopic (exact) mass is 371 g/mol. The molecule has 140 valence electrons. The van der Waals surface area contributed by atoms with Gasteiger partial charge in [0, 0.05) is 23.1 Å². The molecular weight excluding hydrogens is 346 g/mol. The van der Waals surface area contributed by atoms with Crippen molar-refractivity contribution in [3.05, 3.63) is 23.8 Å². The first kappa shape index (κ1) is 21.0. The first-order valence-corrected chi connectivity index (χ1v) is 9.67. The maximum absolute atomic E-state index is 11.7. The van der Waals surface area contributed by atoms with Crippen molar-refractivity contribution in [2.45, 2.75) is 26.7 Å². The standard InChI is InChI=1S/C17H25NO6S/c1-3-23-14-6-5-13(11-15(14)24-4-2)7-9-18-16(19)12-25(22)10-8-17(20)21/h5-6,11H,3-4,7-10,12H2,1-2H3,(H,18,19)(H,20,21). The number of nitrogens with one attached hydrogen (secondary N) is 1. The lowest BCUT2D eigenvalue weighted by Gasteiger charge is -2.12. The molecule has 0 bridgehead atoms. The number of amides is 1. The fourth-order valence-corrected chi connectivity index (χ4v) is 3.01. The van der Waals surface area contributed by atoms with Gasteiger partial charge in [-0.15, -0.1) is 0 Å². The molecule has 0 aromatic heterocycles. The van der Waals surface area contributed by atoms with Crippen LogP contribution in [0, 0.1) is 0 Å². The molecule has 0 saturated carbocycles. The third kappa shape index (κ3) is 8.53. The summed E-state index contributed by atoms with van der Waals surface area (Å²) in [7, 11) is -1.46. The second-order valence-electron chi connectivity index (χ2n) is 5.18. The summed E-state index contributed by atoms with van der Waals surface area (Å²) in [5, 5.41) is 11.2. The molecule has 0 radical (unpaired) electrons. The van der Waals surface area contributed by atoms with Gasteiger partial charge in [0.2, 0.25) is 5.91 Å². The van der Waals surface area contributed by atoms with Crippen molar-refractivity contribution in [1.82, 2.24) is 5.32 Å². The smallest absolute Gasteiger partial charge is 0.304 e. The molecule has 0 aliphatic carbocycles. The molecule has 1 unspecified atom stereocenters. The van der Waals surface area contributed by atoms with Crippen LogP contribution >= 0.6 is 0 Å².